The molecule has 74 valence electrons. The van der Waals surface area contributed by atoms with Crippen molar-refractivity contribution in [3.05, 3.63) is 12.2 Å². The summed E-state index contributed by atoms with van der Waals surface area (Å²) < 4.78 is 0. The summed E-state index contributed by atoms with van der Waals surface area (Å²) in [5, 5.41) is 18.4. The van der Waals surface area contributed by atoms with Gasteiger partial charge in [-0.05, 0) is 18.8 Å². The molecule has 0 aliphatic heterocycles. The van der Waals surface area contributed by atoms with Crippen LogP contribution in [0.25, 0.3) is 0 Å². The lowest BCUT2D eigenvalue weighted by molar-refractivity contribution is -0.118. The zero-order chi connectivity index (χ0) is 9.84. The number of allylic oxidation sites excluding steroid dienone is 1. The molecule has 0 heterocycles. The summed E-state index contributed by atoms with van der Waals surface area (Å²) in [5.41, 5.74) is 5.00. The van der Waals surface area contributed by atoms with Crippen LogP contribution in [0.2, 0.25) is 0 Å². The maximum atomic E-state index is 10.5. The van der Waals surface area contributed by atoms with E-state index in [1.807, 2.05) is 6.08 Å². The van der Waals surface area contributed by atoms with Gasteiger partial charge in [0.05, 0.1) is 12.2 Å². The molecular formula is C9H15NO3. The van der Waals surface area contributed by atoms with Crippen molar-refractivity contribution >= 4 is 5.91 Å². The predicted octanol–water partition coefficient (Wildman–Crippen LogP) is -0.450. The molecular weight excluding hydrogens is 170 g/mol. The molecule has 0 aromatic rings. The van der Waals surface area contributed by atoms with E-state index < -0.39 is 12.2 Å². The highest BCUT2D eigenvalue weighted by Crippen LogP contribution is 2.22. The van der Waals surface area contributed by atoms with Gasteiger partial charge in [0.25, 0.3) is 0 Å². The largest absolute Gasteiger partial charge is 0.390 e. The van der Waals surface area contributed by atoms with E-state index in [4.69, 9.17) is 10.8 Å². The van der Waals surface area contributed by atoms with Crippen molar-refractivity contribution in [2.24, 2.45) is 11.7 Å². The maximum absolute atomic E-state index is 10.5. The van der Waals surface area contributed by atoms with Crippen LogP contribution in [0.1, 0.15) is 19.3 Å². The third-order valence-corrected chi connectivity index (χ3v) is 2.28. The molecule has 0 fully saturated rings. The van der Waals surface area contributed by atoms with Gasteiger partial charge in [0.1, 0.15) is 0 Å². The number of amides is 1. The van der Waals surface area contributed by atoms with Gasteiger partial charge in [-0.2, -0.15) is 0 Å². The van der Waals surface area contributed by atoms with Crippen LogP contribution in [0, 0.1) is 5.92 Å². The van der Waals surface area contributed by atoms with Crippen molar-refractivity contribution in [2.45, 2.75) is 31.5 Å². The third kappa shape index (κ3) is 3.16. The fourth-order valence-electron chi connectivity index (χ4n) is 1.47. The molecule has 13 heavy (non-hydrogen) atoms. The Morgan fingerprint density at radius 2 is 2.15 bits per heavy atom. The van der Waals surface area contributed by atoms with E-state index in [2.05, 4.69) is 0 Å². The SMILES string of the molecule is NC(=O)CCC1C=CC(O)C(O)C1. The average molecular weight is 185 g/mol. The highest BCUT2D eigenvalue weighted by Gasteiger charge is 2.22. The van der Waals surface area contributed by atoms with E-state index in [1.165, 1.54) is 0 Å². The minimum atomic E-state index is -0.759. The molecule has 0 spiro atoms. The Labute approximate surface area is 77.1 Å². The summed E-state index contributed by atoms with van der Waals surface area (Å²) in [7, 11) is 0. The standard InChI is InChI=1S/C9H15NO3/c10-9(13)4-2-6-1-3-7(11)8(12)5-6/h1,3,6-8,11-12H,2,4-5H2,(H2,10,13). The van der Waals surface area contributed by atoms with Crippen LogP contribution in [0.4, 0.5) is 0 Å². The summed E-state index contributed by atoms with van der Waals surface area (Å²) in [4.78, 5) is 10.5. The molecule has 1 rings (SSSR count). The molecule has 0 bridgehead atoms. The monoisotopic (exact) mass is 185 g/mol. The molecule has 4 heteroatoms. The molecule has 0 saturated carbocycles. The lowest BCUT2D eigenvalue weighted by Crippen LogP contribution is -2.30. The molecule has 3 atom stereocenters. The van der Waals surface area contributed by atoms with Crippen LogP contribution < -0.4 is 5.73 Å². The van der Waals surface area contributed by atoms with Gasteiger partial charge < -0.3 is 15.9 Å². The van der Waals surface area contributed by atoms with Crippen molar-refractivity contribution in [1.82, 2.24) is 0 Å². The van der Waals surface area contributed by atoms with Crippen LogP contribution >= 0.6 is 0 Å². The molecule has 0 aromatic heterocycles. The molecule has 3 unspecified atom stereocenters. The molecule has 0 saturated heterocycles. The van der Waals surface area contributed by atoms with Crippen LogP contribution in [-0.2, 0) is 4.79 Å². The van der Waals surface area contributed by atoms with Gasteiger partial charge in [0.15, 0.2) is 0 Å². The molecule has 0 radical (unpaired) electrons. The topological polar surface area (TPSA) is 83.6 Å². The van der Waals surface area contributed by atoms with Crippen molar-refractivity contribution < 1.29 is 15.0 Å². The van der Waals surface area contributed by atoms with Crippen LogP contribution in [-0.4, -0.2) is 28.3 Å². The zero-order valence-corrected chi connectivity index (χ0v) is 7.39. The van der Waals surface area contributed by atoms with Gasteiger partial charge in [0, 0.05) is 6.42 Å². The molecule has 4 nitrogen and oxygen atoms in total. The minimum absolute atomic E-state index is 0.158. The van der Waals surface area contributed by atoms with E-state index in [0.717, 1.165) is 0 Å². The minimum Gasteiger partial charge on any atom is -0.390 e. The quantitative estimate of drug-likeness (QED) is 0.521. The Bertz CT molecular complexity index is 215. The molecule has 1 aliphatic carbocycles. The van der Waals surface area contributed by atoms with Gasteiger partial charge in [-0.15, -0.1) is 0 Å². The molecule has 1 amide bonds. The lowest BCUT2D eigenvalue weighted by atomic mass is 9.88. The van der Waals surface area contributed by atoms with Gasteiger partial charge in [-0.3, -0.25) is 4.79 Å². The number of primary amides is 1. The Morgan fingerprint density at radius 1 is 1.46 bits per heavy atom. The fraction of sp³-hybridized carbons (Fsp3) is 0.667. The van der Waals surface area contributed by atoms with Gasteiger partial charge in [-0.25, -0.2) is 0 Å². The van der Waals surface area contributed by atoms with Gasteiger partial charge in [0.2, 0.25) is 5.91 Å². The number of hydrogen-bond acceptors (Lipinski definition) is 3. The second-order valence-corrected chi connectivity index (χ2v) is 3.44. The van der Waals surface area contributed by atoms with Gasteiger partial charge >= 0.3 is 0 Å². The van der Waals surface area contributed by atoms with Crippen molar-refractivity contribution in [3.63, 3.8) is 0 Å². The number of nitrogens with two attached hydrogens (primary N) is 1. The Balaban J connectivity index is 2.37. The van der Waals surface area contributed by atoms with Gasteiger partial charge in [-0.1, -0.05) is 12.2 Å². The highest BCUT2D eigenvalue weighted by atomic mass is 16.3. The Kier molecular flexibility index (Phi) is 3.45. The number of aliphatic hydroxyl groups is 2. The van der Waals surface area contributed by atoms with Crippen LogP contribution in [0.3, 0.4) is 0 Å². The second kappa shape index (κ2) is 4.39. The maximum Gasteiger partial charge on any atom is 0.217 e. The molecule has 1 aliphatic rings. The summed E-state index contributed by atoms with van der Waals surface area (Å²) in [6.45, 7) is 0. The highest BCUT2D eigenvalue weighted by molar-refractivity contribution is 5.73. The van der Waals surface area contributed by atoms with E-state index in [-0.39, 0.29) is 11.8 Å². The van der Waals surface area contributed by atoms with E-state index in [9.17, 15) is 9.90 Å². The van der Waals surface area contributed by atoms with E-state index in [0.29, 0.717) is 19.3 Å². The van der Waals surface area contributed by atoms with Crippen LogP contribution in [0.5, 0.6) is 0 Å². The first-order valence-electron chi connectivity index (χ1n) is 4.42. The second-order valence-electron chi connectivity index (χ2n) is 3.44. The Hall–Kier alpha value is -0.870. The number of carbonyl (C=O) groups is 1. The summed E-state index contributed by atoms with van der Waals surface area (Å²) in [6, 6.07) is 0. The van der Waals surface area contributed by atoms with E-state index in [1.54, 1.807) is 6.08 Å². The first kappa shape index (κ1) is 10.2. The number of carbonyl (C=O) groups excluding carboxylic acids is 1. The molecule has 0 aromatic carbocycles. The zero-order valence-electron chi connectivity index (χ0n) is 7.39. The van der Waals surface area contributed by atoms with Crippen molar-refractivity contribution in [1.29, 1.82) is 0 Å². The fourth-order valence-corrected chi connectivity index (χ4v) is 1.47. The lowest BCUT2D eigenvalue weighted by Gasteiger charge is -2.24. The third-order valence-electron chi connectivity index (χ3n) is 2.28. The van der Waals surface area contributed by atoms with Crippen LogP contribution in [0.15, 0.2) is 12.2 Å². The Morgan fingerprint density at radius 3 is 2.69 bits per heavy atom. The van der Waals surface area contributed by atoms with E-state index >= 15 is 0 Å². The van der Waals surface area contributed by atoms with Crippen molar-refractivity contribution in [2.75, 3.05) is 0 Å². The summed E-state index contributed by atoms with van der Waals surface area (Å²) >= 11 is 0. The van der Waals surface area contributed by atoms with Crippen molar-refractivity contribution in [3.8, 4) is 0 Å². The first-order chi connectivity index (χ1) is 6.09. The summed E-state index contributed by atoms with van der Waals surface area (Å²) in [5.74, 6) is -0.167. The smallest absolute Gasteiger partial charge is 0.217 e. The normalized spacial score (nSPS) is 33.2. The predicted molar refractivity (Wildman–Crippen MR) is 47.7 cm³/mol. The summed E-state index contributed by atoms with van der Waals surface area (Å²) in [6.07, 6.45) is 3.42. The average Bonchev–Trinajstić information content (AvgIpc) is 2.07. The first-order valence-corrected chi connectivity index (χ1v) is 4.42. The number of rotatable bonds is 3. The number of hydrogen-bond donors (Lipinski definition) is 3. The molecule has 4 N–H and O–H groups in total. The number of aliphatic hydroxyl groups excluding tert-OH is 2.